The van der Waals surface area contributed by atoms with Crippen molar-refractivity contribution in [3.63, 3.8) is 0 Å². The van der Waals surface area contributed by atoms with Gasteiger partial charge in [-0.05, 0) is 32.8 Å². The van der Waals surface area contributed by atoms with Crippen molar-refractivity contribution < 1.29 is 9.47 Å². The maximum atomic E-state index is 5.67. The fraction of sp³-hybridized carbons (Fsp3) is 0.571. The van der Waals surface area contributed by atoms with Crippen molar-refractivity contribution in [2.24, 2.45) is 0 Å². The van der Waals surface area contributed by atoms with Crippen LogP contribution in [0.4, 0.5) is 5.13 Å². The van der Waals surface area contributed by atoms with E-state index < -0.39 is 0 Å². The molecular formula is C21H29N5O2S. The number of thiazole rings is 1. The summed E-state index contributed by atoms with van der Waals surface area (Å²) in [7, 11) is 1.68. The van der Waals surface area contributed by atoms with Gasteiger partial charge in [-0.25, -0.2) is 9.50 Å². The van der Waals surface area contributed by atoms with Crippen LogP contribution in [-0.4, -0.2) is 53.0 Å². The Morgan fingerprint density at radius 3 is 2.55 bits per heavy atom. The number of hydrogen-bond acceptors (Lipinski definition) is 7. The second-order valence-corrected chi connectivity index (χ2v) is 8.44. The first-order valence-corrected chi connectivity index (χ1v) is 11.1. The Bertz CT molecular complexity index is 1000. The topological polar surface area (TPSA) is 64.8 Å². The van der Waals surface area contributed by atoms with E-state index >= 15 is 0 Å². The van der Waals surface area contributed by atoms with Gasteiger partial charge in [-0.1, -0.05) is 25.2 Å². The maximum absolute atomic E-state index is 5.67. The number of aryl methyl sites for hydroxylation is 2. The molecule has 29 heavy (non-hydrogen) atoms. The van der Waals surface area contributed by atoms with E-state index in [-0.39, 0.29) is 0 Å². The first-order valence-electron chi connectivity index (χ1n) is 10.3. The summed E-state index contributed by atoms with van der Waals surface area (Å²) in [5, 5.41) is 5.85. The quantitative estimate of drug-likeness (QED) is 0.601. The van der Waals surface area contributed by atoms with Gasteiger partial charge >= 0.3 is 0 Å². The summed E-state index contributed by atoms with van der Waals surface area (Å²) in [4.78, 5) is 12.9. The molecular weight excluding hydrogens is 386 g/mol. The zero-order valence-corrected chi connectivity index (χ0v) is 18.7. The normalized spacial score (nSPS) is 14.9. The molecule has 1 aliphatic rings. The molecule has 0 radical (unpaired) electrons. The third kappa shape index (κ3) is 3.59. The molecule has 0 aromatic carbocycles. The molecule has 0 bridgehead atoms. The molecule has 1 saturated heterocycles. The fourth-order valence-corrected chi connectivity index (χ4v) is 5.20. The lowest BCUT2D eigenvalue weighted by Gasteiger charge is -2.25. The standard InChI is InChI=1S/C21H29N5O2S/c1-6-15(7-2)16-12-13(3)22-19-17(14(4)24-26(16)19)18-20(27-5)23-21(29-18)25-8-10-28-11-9-25/h12,15H,6-11H2,1-5H3. The van der Waals surface area contributed by atoms with Gasteiger partial charge < -0.3 is 14.4 Å². The summed E-state index contributed by atoms with van der Waals surface area (Å²) in [6.45, 7) is 11.7. The lowest BCUT2D eigenvalue weighted by molar-refractivity contribution is 0.122. The van der Waals surface area contributed by atoms with Crippen LogP contribution in [0, 0.1) is 13.8 Å². The molecule has 3 aromatic heterocycles. The van der Waals surface area contributed by atoms with Crippen molar-refractivity contribution in [1.82, 2.24) is 19.6 Å². The van der Waals surface area contributed by atoms with E-state index in [4.69, 9.17) is 24.5 Å². The van der Waals surface area contributed by atoms with Crippen LogP contribution in [0.2, 0.25) is 0 Å². The van der Waals surface area contributed by atoms with Crippen molar-refractivity contribution in [3.8, 4) is 16.3 Å². The zero-order valence-electron chi connectivity index (χ0n) is 17.9. The molecule has 0 spiro atoms. The van der Waals surface area contributed by atoms with Gasteiger partial charge in [-0.2, -0.15) is 10.1 Å². The molecule has 0 N–H and O–H groups in total. The van der Waals surface area contributed by atoms with Crippen molar-refractivity contribution in [3.05, 3.63) is 23.1 Å². The lowest BCUT2D eigenvalue weighted by Crippen LogP contribution is -2.36. The third-order valence-electron chi connectivity index (χ3n) is 5.61. The number of morpholine rings is 1. The highest BCUT2D eigenvalue weighted by Crippen LogP contribution is 2.43. The van der Waals surface area contributed by atoms with Crippen molar-refractivity contribution >= 4 is 22.1 Å². The van der Waals surface area contributed by atoms with E-state index in [1.807, 2.05) is 11.4 Å². The van der Waals surface area contributed by atoms with E-state index in [2.05, 4.69) is 31.7 Å². The summed E-state index contributed by atoms with van der Waals surface area (Å²) in [6.07, 6.45) is 2.16. The molecule has 1 aliphatic heterocycles. The van der Waals surface area contributed by atoms with Gasteiger partial charge in [0.1, 0.15) is 4.88 Å². The Labute approximate surface area is 175 Å². The number of nitrogens with zero attached hydrogens (tertiary/aromatic N) is 5. The molecule has 0 amide bonds. The molecule has 4 heterocycles. The molecule has 156 valence electrons. The Balaban J connectivity index is 1.88. The number of rotatable bonds is 6. The minimum Gasteiger partial charge on any atom is -0.480 e. The number of methoxy groups -OCH3 is 1. The Hall–Kier alpha value is -2.19. The van der Waals surface area contributed by atoms with Gasteiger partial charge in [0.2, 0.25) is 5.88 Å². The largest absolute Gasteiger partial charge is 0.480 e. The number of hydrogen-bond donors (Lipinski definition) is 0. The van der Waals surface area contributed by atoms with Crippen LogP contribution in [0.1, 0.15) is 49.7 Å². The molecule has 7 nitrogen and oxygen atoms in total. The van der Waals surface area contributed by atoms with Crippen LogP contribution in [0.5, 0.6) is 5.88 Å². The van der Waals surface area contributed by atoms with Gasteiger partial charge in [0, 0.05) is 30.4 Å². The highest BCUT2D eigenvalue weighted by Gasteiger charge is 2.26. The van der Waals surface area contributed by atoms with E-state index in [1.54, 1.807) is 18.4 Å². The molecule has 3 aromatic rings. The minimum absolute atomic E-state index is 0.457. The van der Waals surface area contributed by atoms with Gasteiger partial charge in [0.15, 0.2) is 10.8 Å². The van der Waals surface area contributed by atoms with E-state index in [0.717, 1.165) is 71.8 Å². The summed E-state index contributed by atoms with van der Waals surface area (Å²) >= 11 is 1.65. The molecule has 0 saturated carbocycles. The van der Waals surface area contributed by atoms with Crippen molar-refractivity contribution in [1.29, 1.82) is 0 Å². The first kappa shape index (κ1) is 20.1. The Morgan fingerprint density at radius 2 is 1.90 bits per heavy atom. The number of fused-ring (bicyclic) bond motifs is 1. The van der Waals surface area contributed by atoms with Gasteiger partial charge in [-0.15, -0.1) is 0 Å². The Morgan fingerprint density at radius 1 is 1.17 bits per heavy atom. The number of ether oxygens (including phenoxy) is 2. The van der Waals surface area contributed by atoms with Gasteiger partial charge in [0.05, 0.1) is 31.6 Å². The average molecular weight is 416 g/mol. The fourth-order valence-electron chi connectivity index (χ4n) is 4.02. The van der Waals surface area contributed by atoms with Gasteiger partial charge in [0.25, 0.3) is 0 Å². The third-order valence-corrected chi connectivity index (χ3v) is 6.73. The average Bonchev–Trinajstić information content (AvgIpc) is 3.29. The molecule has 0 unspecified atom stereocenters. The summed E-state index contributed by atoms with van der Waals surface area (Å²) in [5.41, 5.74) is 5.10. The second-order valence-electron chi connectivity index (χ2n) is 7.47. The van der Waals surface area contributed by atoms with Crippen LogP contribution < -0.4 is 9.64 Å². The van der Waals surface area contributed by atoms with Crippen LogP contribution >= 0.6 is 11.3 Å². The Kier molecular flexibility index (Phi) is 5.74. The summed E-state index contributed by atoms with van der Waals surface area (Å²) in [6, 6.07) is 2.17. The number of anilines is 1. The van der Waals surface area contributed by atoms with Crippen molar-refractivity contribution in [2.75, 3.05) is 38.3 Å². The van der Waals surface area contributed by atoms with Crippen LogP contribution in [-0.2, 0) is 4.74 Å². The number of aromatic nitrogens is 4. The first-order chi connectivity index (χ1) is 14.1. The maximum Gasteiger partial charge on any atom is 0.234 e. The van der Waals surface area contributed by atoms with Crippen LogP contribution in [0.3, 0.4) is 0 Å². The second kappa shape index (κ2) is 8.28. The minimum atomic E-state index is 0.457. The zero-order chi connectivity index (χ0) is 20.5. The molecule has 1 fully saturated rings. The van der Waals surface area contributed by atoms with E-state index in [1.165, 1.54) is 5.69 Å². The van der Waals surface area contributed by atoms with Crippen LogP contribution in [0.25, 0.3) is 16.1 Å². The van der Waals surface area contributed by atoms with Crippen LogP contribution in [0.15, 0.2) is 6.07 Å². The SMILES string of the molecule is CCC(CC)c1cc(C)nc2c(-c3sc(N4CCOCC4)nc3OC)c(C)nn12. The summed E-state index contributed by atoms with van der Waals surface area (Å²) < 4.78 is 13.2. The van der Waals surface area contributed by atoms with E-state index in [9.17, 15) is 0 Å². The monoisotopic (exact) mass is 415 g/mol. The smallest absolute Gasteiger partial charge is 0.234 e. The molecule has 0 aliphatic carbocycles. The van der Waals surface area contributed by atoms with Gasteiger partial charge in [-0.3, -0.25) is 0 Å². The highest BCUT2D eigenvalue weighted by molar-refractivity contribution is 7.19. The lowest BCUT2D eigenvalue weighted by atomic mass is 9.98. The summed E-state index contributed by atoms with van der Waals surface area (Å²) in [5.74, 6) is 1.10. The molecule has 0 atom stereocenters. The predicted octanol–water partition coefficient (Wildman–Crippen LogP) is 4.22. The van der Waals surface area contributed by atoms with E-state index in [0.29, 0.717) is 11.8 Å². The highest BCUT2D eigenvalue weighted by atomic mass is 32.1. The predicted molar refractivity (Wildman–Crippen MR) is 116 cm³/mol. The van der Waals surface area contributed by atoms with Crippen molar-refractivity contribution in [2.45, 2.75) is 46.5 Å². The molecule has 4 rings (SSSR count). The molecule has 8 heteroatoms.